The van der Waals surface area contributed by atoms with E-state index in [9.17, 15) is 15.0 Å². The highest BCUT2D eigenvalue weighted by Gasteiger charge is 2.19. The second-order valence-electron chi connectivity index (χ2n) is 7.91. The van der Waals surface area contributed by atoms with E-state index in [2.05, 4.69) is 27.8 Å². The third kappa shape index (κ3) is 4.25. The number of aromatic nitrogens is 2. The van der Waals surface area contributed by atoms with Crippen molar-refractivity contribution in [1.82, 2.24) is 9.97 Å². The molecule has 6 rings (SSSR count). The summed E-state index contributed by atoms with van der Waals surface area (Å²) in [6, 6.07) is 17.6. The second-order valence-corrected chi connectivity index (χ2v) is 11.0. The number of fused-ring (bicyclic) bond motifs is 3. The van der Waals surface area contributed by atoms with Crippen LogP contribution in [-0.4, -0.2) is 26.1 Å². The minimum Gasteiger partial charge on any atom is -0.508 e. The zero-order valence-electron chi connectivity index (χ0n) is 18.1. The third-order valence-electron chi connectivity index (χ3n) is 5.48. The lowest BCUT2D eigenvalue weighted by Crippen LogP contribution is -2.16. The molecule has 4 aromatic heterocycles. The van der Waals surface area contributed by atoms with E-state index in [4.69, 9.17) is 4.98 Å². The predicted molar refractivity (Wildman–Crippen MR) is 144 cm³/mol. The average Bonchev–Trinajstić information content (AvgIpc) is 3.54. The molecule has 0 atom stereocenters. The first kappa shape index (κ1) is 21.7. The van der Waals surface area contributed by atoms with Gasteiger partial charge in [0.05, 0.1) is 32.6 Å². The molecular weight excluding hydrogens is 499 g/mol. The number of anilines is 1. The van der Waals surface area contributed by atoms with E-state index >= 15 is 0 Å². The minimum atomic E-state index is -0.220. The van der Waals surface area contributed by atoms with Gasteiger partial charge in [0.25, 0.3) is 0 Å². The molecule has 0 saturated carbocycles. The van der Waals surface area contributed by atoms with Crippen LogP contribution in [-0.2, 0) is 11.2 Å². The highest BCUT2D eigenvalue weighted by Crippen LogP contribution is 2.45. The molecule has 4 heterocycles. The Morgan fingerprint density at radius 2 is 1.63 bits per heavy atom. The van der Waals surface area contributed by atoms with Gasteiger partial charge in [-0.1, -0.05) is 12.1 Å². The third-order valence-corrected chi connectivity index (χ3v) is 9.06. The monoisotopic (exact) mass is 515 g/mol. The summed E-state index contributed by atoms with van der Waals surface area (Å²) in [6.45, 7) is 0. The molecule has 35 heavy (non-hydrogen) atoms. The number of carbonyl (C=O) groups is 1. The first-order valence-corrected chi connectivity index (χ1v) is 13.2. The van der Waals surface area contributed by atoms with Crippen LogP contribution >= 0.6 is 34.0 Å². The molecule has 0 unspecified atom stereocenters. The maximum atomic E-state index is 12.8. The number of hydrogen-bond acceptors (Lipinski definition) is 8. The molecule has 0 radical (unpaired) electrons. The van der Waals surface area contributed by atoms with Gasteiger partial charge < -0.3 is 15.5 Å². The minimum absolute atomic E-state index is 0.149. The highest BCUT2D eigenvalue weighted by molar-refractivity contribution is 7.39. The van der Waals surface area contributed by atoms with Crippen LogP contribution in [0.4, 0.5) is 5.82 Å². The Hall–Kier alpha value is -3.79. The van der Waals surface area contributed by atoms with Crippen molar-refractivity contribution in [3.8, 4) is 33.3 Å². The SMILES string of the molecule is O=C(Cc1ccc(O)cc1)Nc1ncc(-c2ccc(O)cc2)nc1-c1cc2sc3ccsc3c2s1. The first-order chi connectivity index (χ1) is 17.0. The fourth-order valence-corrected chi connectivity index (χ4v) is 7.54. The van der Waals surface area contributed by atoms with Crippen molar-refractivity contribution in [2.24, 2.45) is 0 Å². The number of amides is 1. The largest absolute Gasteiger partial charge is 0.508 e. The van der Waals surface area contributed by atoms with E-state index in [0.717, 1.165) is 16.0 Å². The molecule has 0 spiro atoms. The summed E-state index contributed by atoms with van der Waals surface area (Å²) < 4.78 is 4.94. The zero-order valence-corrected chi connectivity index (χ0v) is 20.5. The standard InChI is InChI=1S/C26H17N3O3S3/c30-16-5-1-14(2-6-16)11-22(32)29-26-23(28-18(13-27-26)15-3-7-17(31)8-4-15)20-12-21-25(35-20)24-19(34-21)9-10-33-24/h1-10,12-13,30-31H,11H2,(H,27,29,32). The van der Waals surface area contributed by atoms with Gasteiger partial charge in [-0.15, -0.1) is 34.0 Å². The number of nitrogens with one attached hydrogen (secondary N) is 1. The topological polar surface area (TPSA) is 95.3 Å². The number of thiophene rings is 3. The van der Waals surface area contributed by atoms with Crippen molar-refractivity contribution in [3.05, 3.63) is 77.8 Å². The molecular formula is C26H17N3O3S3. The molecule has 172 valence electrons. The Balaban J connectivity index is 1.40. The van der Waals surface area contributed by atoms with Crippen LogP contribution in [0.1, 0.15) is 5.56 Å². The van der Waals surface area contributed by atoms with Crippen LogP contribution in [0.15, 0.2) is 72.2 Å². The van der Waals surface area contributed by atoms with Crippen molar-refractivity contribution in [2.45, 2.75) is 6.42 Å². The molecule has 0 saturated heterocycles. The van der Waals surface area contributed by atoms with Gasteiger partial charge >= 0.3 is 0 Å². The molecule has 3 N–H and O–H groups in total. The van der Waals surface area contributed by atoms with Crippen molar-refractivity contribution >= 4 is 64.5 Å². The van der Waals surface area contributed by atoms with Crippen LogP contribution in [0.2, 0.25) is 0 Å². The summed E-state index contributed by atoms with van der Waals surface area (Å²) >= 11 is 5.11. The summed E-state index contributed by atoms with van der Waals surface area (Å²) in [5.41, 5.74) is 2.85. The van der Waals surface area contributed by atoms with Crippen LogP contribution in [0.5, 0.6) is 11.5 Å². The summed E-state index contributed by atoms with van der Waals surface area (Å²) in [7, 11) is 0. The van der Waals surface area contributed by atoms with Gasteiger partial charge in [0.1, 0.15) is 17.2 Å². The smallest absolute Gasteiger partial charge is 0.230 e. The van der Waals surface area contributed by atoms with Gasteiger partial charge in [-0.3, -0.25) is 4.79 Å². The molecule has 9 heteroatoms. The summed E-state index contributed by atoms with van der Waals surface area (Å²) in [4.78, 5) is 23.2. The van der Waals surface area contributed by atoms with E-state index in [1.807, 2.05) is 0 Å². The van der Waals surface area contributed by atoms with Crippen LogP contribution < -0.4 is 5.32 Å². The van der Waals surface area contributed by atoms with Gasteiger partial charge in [-0.2, -0.15) is 0 Å². The predicted octanol–water partition coefficient (Wildman–Crippen LogP) is 6.89. The van der Waals surface area contributed by atoms with Crippen molar-refractivity contribution < 1.29 is 15.0 Å². The van der Waals surface area contributed by atoms with Gasteiger partial charge in [-0.25, -0.2) is 9.97 Å². The van der Waals surface area contributed by atoms with E-state index < -0.39 is 0 Å². The lowest BCUT2D eigenvalue weighted by atomic mass is 10.1. The van der Waals surface area contributed by atoms with Gasteiger partial charge in [0.15, 0.2) is 5.82 Å². The molecule has 6 nitrogen and oxygen atoms in total. The van der Waals surface area contributed by atoms with E-state index in [1.165, 1.54) is 18.8 Å². The second kappa shape index (κ2) is 8.77. The van der Waals surface area contributed by atoms with Crippen molar-refractivity contribution in [3.63, 3.8) is 0 Å². The van der Waals surface area contributed by atoms with Gasteiger partial charge in [0, 0.05) is 15.0 Å². The summed E-state index contributed by atoms with van der Waals surface area (Å²) in [5, 5.41) is 24.2. The van der Waals surface area contributed by atoms with Crippen LogP contribution in [0.3, 0.4) is 0 Å². The number of carbonyl (C=O) groups excluding carboxylic acids is 1. The Labute approximate surface area is 211 Å². The van der Waals surface area contributed by atoms with Gasteiger partial charge in [0.2, 0.25) is 5.91 Å². The van der Waals surface area contributed by atoms with E-state index in [0.29, 0.717) is 17.2 Å². The number of aromatic hydroxyl groups is 2. The zero-order chi connectivity index (χ0) is 23.9. The quantitative estimate of drug-likeness (QED) is 0.232. The molecule has 0 fully saturated rings. The Bertz CT molecular complexity index is 1680. The number of phenols is 2. The fourth-order valence-electron chi connectivity index (χ4n) is 3.79. The number of benzene rings is 2. The van der Waals surface area contributed by atoms with E-state index in [-0.39, 0.29) is 23.8 Å². The normalized spacial score (nSPS) is 11.3. The summed E-state index contributed by atoms with van der Waals surface area (Å²) in [6.07, 6.45) is 1.77. The number of nitrogens with zero attached hydrogens (tertiary/aromatic N) is 2. The molecule has 0 aliphatic carbocycles. The van der Waals surface area contributed by atoms with Crippen LogP contribution in [0, 0.1) is 0 Å². The highest BCUT2D eigenvalue weighted by atomic mass is 32.1. The van der Waals surface area contributed by atoms with Crippen molar-refractivity contribution in [1.29, 1.82) is 0 Å². The molecule has 0 aliphatic rings. The molecule has 0 bridgehead atoms. The molecule has 1 amide bonds. The Kier molecular flexibility index (Phi) is 5.44. The first-order valence-electron chi connectivity index (χ1n) is 10.7. The maximum Gasteiger partial charge on any atom is 0.230 e. The lowest BCUT2D eigenvalue weighted by molar-refractivity contribution is -0.115. The summed E-state index contributed by atoms with van der Waals surface area (Å²) in [5.74, 6) is 0.512. The average molecular weight is 516 g/mol. The fraction of sp³-hybridized carbons (Fsp3) is 0.0385. The maximum absolute atomic E-state index is 12.8. The number of rotatable bonds is 5. The number of hydrogen-bond donors (Lipinski definition) is 3. The lowest BCUT2D eigenvalue weighted by Gasteiger charge is -2.11. The number of phenolic OH excluding ortho intramolecular Hbond substituents is 2. The van der Waals surface area contributed by atoms with E-state index in [1.54, 1.807) is 88.7 Å². The van der Waals surface area contributed by atoms with Crippen LogP contribution in [0.25, 0.3) is 40.6 Å². The Morgan fingerprint density at radius 1 is 0.886 bits per heavy atom. The Morgan fingerprint density at radius 3 is 2.40 bits per heavy atom. The van der Waals surface area contributed by atoms with Gasteiger partial charge in [-0.05, 0) is 59.5 Å². The molecule has 0 aliphatic heterocycles. The van der Waals surface area contributed by atoms with Crippen molar-refractivity contribution in [2.75, 3.05) is 5.32 Å². The molecule has 2 aromatic carbocycles. The molecule has 6 aromatic rings.